The summed E-state index contributed by atoms with van der Waals surface area (Å²) >= 11 is 1.80. The lowest BCUT2D eigenvalue weighted by molar-refractivity contribution is 0.631. The van der Waals surface area contributed by atoms with Gasteiger partial charge in [-0.2, -0.15) is 0 Å². The second kappa shape index (κ2) is 4.67. The van der Waals surface area contributed by atoms with Crippen molar-refractivity contribution in [2.75, 3.05) is 11.4 Å². The van der Waals surface area contributed by atoms with Crippen molar-refractivity contribution in [2.24, 2.45) is 4.99 Å². The molecule has 0 aliphatic carbocycles. The van der Waals surface area contributed by atoms with Gasteiger partial charge in [0.05, 0.1) is 11.7 Å². The van der Waals surface area contributed by atoms with Gasteiger partial charge in [0.25, 0.3) is 0 Å². The zero-order chi connectivity index (χ0) is 13.5. The van der Waals surface area contributed by atoms with Crippen LogP contribution in [-0.2, 0) is 0 Å². The summed E-state index contributed by atoms with van der Waals surface area (Å²) in [5, 5.41) is 1.16. The third-order valence-electron chi connectivity index (χ3n) is 3.96. The van der Waals surface area contributed by atoms with E-state index in [9.17, 15) is 0 Å². The minimum absolute atomic E-state index is 0.416. The maximum atomic E-state index is 4.71. The first-order valence-corrected chi connectivity index (χ1v) is 7.82. The van der Waals surface area contributed by atoms with Gasteiger partial charge < -0.3 is 4.90 Å². The van der Waals surface area contributed by atoms with E-state index in [-0.39, 0.29) is 0 Å². The van der Waals surface area contributed by atoms with Gasteiger partial charge in [0.15, 0.2) is 5.17 Å². The number of thioether (sulfide) groups is 1. The van der Waals surface area contributed by atoms with Crippen LogP contribution in [0.4, 0.5) is 5.69 Å². The van der Waals surface area contributed by atoms with Crippen molar-refractivity contribution < 1.29 is 0 Å². The number of nitrogens with zero attached hydrogens (tertiary/aromatic N) is 2. The van der Waals surface area contributed by atoms with Crippen LogP contribution in [0.15, 0.2) is 58.4 Å². The number of amidine groups is 1. The van der Waals surface area contributed by atoms with Crippen LogP contribution in [0, 0.1) is 6.92 Å². The lowest BCUT2D eigenvalue weighted by atomic mass is 9.99. The van der Waals surface area contributed by atoms with E-state index >= 15 is 0 Å². The van der Waals surface area contributed by atoms with Gasteiger partial charge in [0, 0.05) is 11.4 Å². The van der Waals surface area contributed by atoms with Crippen LogP contribution in [0.25, 0.3) is 0 Å². The molecule has 2 aromatic rings. The molecule has 2 aliphatic rings. The average molecular weight is 280 g/mol. The molecule has 0 saturated heterocycles. The number of hydrogen-bond donors (Lipinski definition) is 0. The number of fused-ring (bicyclic) bond motifs is 3. The molecular weight excluding hydrogens is 264 g/mol. The second-order valence-electron chi connectivity index (χ2n) is 5.32. The molecule has 0 aromatic heterocycles. The molecule has 2 nitrogen and oxygen atoms in total. The Labute approximate surface area is 123 Å². The molecule has 4 rings (SSSR count). The van der Waals surface area contributed by atoms with Crippen LogP contribution in [0.2, 0.25) is 0 Å². The standard InChI is InChI=1S/C17H16N2S/c1-12-6-8-13(9-7-12)14-10-11-18-17-19(14)15-4-2-3-5-16(15)20-17/h2-9,14H,10-11H2,1H3/t14-/m1/s1. The van der Waals surface area contributed by atoms with Crippen LogP contribution >= 0.6 is 11.8 Å². The van der Waals surface area contributed by atoms with E-state index in [0.717, 1.165) is 18.1 Å². The van der Waals surface area contributed by atoms with Gasteiger partial charge in [-0.1, -0.05) is 42.0 Å². The number of benzene rings is 2. The van der Waals surface area contributed by atoms with Gasteiger partial charge in [-0.25, -0.2) is 0 Å². The molecule has 0 amide bonds. The summed E-state index contributed by atoms with van der Waals surface area (Å²) < 4.78 is 0. The molecule has 100 valence electrons. The predicted molar refractivity (Wildman–Crippen MR) is 85.6 cm³/mol. The van der Waals surface area contributed by atoms with Crippen LogP contribution in [-0.4, -0.2) is 11.7 Å². The Morgan fingerprint density at radius 2 is 1.90 bits per heavy atom. The molecule has 20 heavy (non-hydrogen) atoms. The molecule has 0 N–H and O–H groups in total. The lowest BCUT2D eigenvalue weighted by Crippen LogP contribution is -2.34. The van der Waals surface area contributed by atoms with Crippen molar-refractivity contribution in [1.29, 1.82) is 0 Å². The fourth-order valence-corrected chi connectivity index (χ4v) is 4.01. The molecule has 0 spiro atoms. The molecule has 2 aliphatic heterocycles. The van der Waals surface area contributed by atoms with Gasteiger partial charge in [0.1, 0.15) is 0 Å². The van der Waals surface area contributed by atoms with Crippen molar-refractivity contribution in [3.05, 3.63) is 59.7 Å². The van der Waals surface area contributed by atoms with Gasteiger partial charge in [-0.05, 0) is 42.8 Å². The highest BCUT2D eigenvalue weighted by Gasteiger charge is 2.34. The Kier molecular flexibility index (Phi) is 2.81. The maximum Gasteiger partial charge on any atom is 0.169 e. The highest BCUT2D eigenvalue weighted by Crippen LogP contribution is 2.46. The van der Waals surface area contributed by atoms with Crippen LogP contribution in [0.1, 0.15) is 23.6 Å². The summed E-state index contributed by atoms with van der Waals surface area (Å²) in [7, 11) is 0. The highest BCUT2D eigenvalue weighted by molar-refractivity contribution is 8.14. The Hall–Kier alpha value is -1.74. The Morgan fingerprint density at radius 1 is 1.10 bits per heavy atom. The summed E-state index contributed by atoms with van der Waals surface area (Å²) in [6.07, 6.45) is 1.08. The number of hydrogen-bond acceptors (Lipinski definition) is 3. The molecule has 1 atom stereocenters. The summed E-state index contributed by atoms with van der Waals surface area (Å²) in [6.45, 7) is 3.06. The molecule has 2 aromatic carbocycles. The minimum Gasteiger partial charge on any atom is -0.312 e. The largest absolute Gasteiger partial charge is 0.312 e. The molecule has 2 heterocycles. The van der Waals surface area contributed by atoms with E-state index in [1.165, 1.54) is 21.7 Å². The van der Waals surface area contributed by atoms with Crippen LogP contribution in [0.5, 0.6) is 0 Å². The zero-order valence-electron chi connectivity index (χ0n) is 11.4. The molecule has 0 unspecified atom stereocenters. The van der Waals surface area contributed by atoms with Crippen LogP contribution in [0.3, 0.4) is 0 Å². The highest BCUT2D eigenvalue weighted by atomic mass is 32.2. The SMILES string of the molecule is Cc1ccc([C@H]2CCN=C3Sc4ccccc4N32)cc1. The van der Waals surface area contributed by atoms with E-state index in [0.29, 0.717) is 6.04 Å². The summed E-state index contributed by atoms with van der Waals surface area (Å²) in [5.41, 5.74) is 4.01. The molecule has 0 bridgehead atoms. The normalized spacial score (nSPS) is 20.4. The van der Waals surface area contributed by atoms with E-state index in [1.807, 2.05) is 0 Å². The fraction of sp³-hybridized carbons (Fsp3) is 0.235. The number of rotatable bonds is 1. The van der Waals surface area contributed by atoms with Crippen molar-refractivity contribution in [3.8, 4) is 0 Å². The van der Waals surface area contributed by atoms with Crippen molar-refractivity contribution in [2.45, 2.75) is 24.3 Å². The topological polar surface area (TPSA) is 15.6 Å². The smallest absolute Gasteiger partial charge is 0.169 e. The average Bonchev–Trinajstić information content (AvgIpc) is 2.86. The van der Waals surface area contributed by atoms with E-state index < -0.39 is 0 Å². The Morgan fingerprint density at radius 3 is 2.75 bits per heavy atom. The minimum atomic E-state index is 0.416. The summed E-state index contributed by atoms with van der Waals surface area (Å²) in [4.78, 5) is 8.44. The summed E-state index contributed by atoms with van der Waals surface area (Å²) in [6, 6.07) is 18.0. The monoisotopic (exact) mass is 280 g/mol. The molecular formula is C17H16N2S. The van der Waals surface area contributed by atoms with Gasteiger partial charge >= 0.3 is 0 Å². The number of aryl methyl sites for hydroxylation is 1. The summed E-state index contributed by atoms with van der Waals surface area (Å²) in [5.74, 6) is 0. The first kappa shape index (κ1) is 12.0. The van der Waals surface area contributed by atoms with E-state index in [4.69, 9.17) is 4.99 Å². The van der Waals surface area contributed by atoms with E-state index in [1.54, 1.807) is 11.8 Å². The zero-order valence-corrected chi connectivity index (χ0v) is 12.2. The number of anilines is 1. The maximum absolute atomic E-state index is 4.71. The number of para-hydroxylation sites is 1. The number of aliphatic imine (C=N–C) groups is 1. The van der Waals surface area contributed by atoms with Crippen molar-refractivity contribution >= 4 is 22.6 Å². The molecule has 3 heteroatoms. The third kappa shape index (κ3) is 1.85. The van der Waals surface area contributed by atoms with Gasteiger partial charge in [-0.3, -0.25) is 4.99 Å². The molecule has 0 fully saturated rings. The fourth-order valence-electron chi connectivity index (χ4n) is 2.92. The predicted octanol–water partition coefficient (Wildman–Crippen LogP) is 4.41. The Bertz CT molecular complexity index is 676. The van der Waals surface area contributed by atoms with Gasteiger partial charge in [0.2, 0.25) is 0 Å². The first-order valence-electron chi connectivity index (χ1n) is 7.00. The quantitative estimate of drug-likeness (QED) is 0.769. The first-order chi connectivity index (χ1) is 9.83. The van der Waals surface area contributed by atoms with Crippen molar-refractivity contribution in [3.63, 3.8) is 0 Å². The van der Waals surface area contributed by atoms with Crippen molar-refractivity contribution in [1.82, 2.24) is 0 Å². The third-order valence-corrected chi connectivity index (χ3v) is 5.03. The van der Waals surface area contributed by atoms with Crippen LogP contribution < -0.4 is 4.90 Å². The second-order valence-corrected chi connectivity index (χ2v) is 6.33. The lowest BCUT2D eigenvalue weighted by Gasteiger charge is -2.33. The van der Waals surface area contributed by atoms with E-state index in [2.05, 4.69) is 60.4 Å². The Balaban J connectivity index is 1.79. The molecule has 0 radical (unpaired) electrons. The molecule has 0 saturated carbocycles. The van der Waals surface area contributed by atoms with Gasteiger partial charge in [-0.15, -0.1) is 0 Å².